The second-order valence-corrected chi connectivity index (χ2v) is 13.0. The Balaban J connectivity index is 1.56. The molecule has 0 unspecified atom stereocenters. The molecular formula is C38H43N3O4S. The van der Waals surface area contributed by atoms with E-state index in [1.54, 1.807) is 12.1 Å². The highest BCUT2D eigenvalue weighted by Crippen LogP contribution is 2.34. The Morgan fingerprint density at radius 3 is 1.78 bits per heavy atom. The van der Waals surface area contributed by atoms with Crippen LogP contribution in [0.1, 0.15) is 47.9 Å². The van der Waals surface area contributed by atoms with Gasteiger partial charge in [0.2, 0.25) is 0 Å². The molecule has 8 heteroatoms. The molecular weight excluding hydrogens is 595 g/mol. The molecule has 0 bridgehead atoms. The van der Waals surface area contributed by atoms with Crippen molar-refractivity contribution in [3.05, 3.63) is 125 Å². The lowest BCUT2D eigenvalue weighted by Crippen LogP contribution is -2.30. The smallest absolute Gasteiger partial charge is 0.180 e. The van der Waals surface area contributed by atoms with Crippen molar-refractivity contribution in [1.29, 1.82) is 0 Å². The summed E-state index contributed by atoms with van der Waals surface area (Å²) >= 11 is 0. The van der Waals surface area contributed by atoms with Crippen LogP contribution in [0.3, 0.4) is 0 Å². The van der Waals surface area contributed by atoms with Crippen molar-refractivity contribution in [3.8, 4) is 0 Å². The SMILES string of the molecule is O=S(=O)(CCCCCCN(CCO)CCO)c1cccc(C=Cc2ccccc2)c1N=Nc1ccccc1C=Cc1ccccc1. The van der Waals surface area contributed by atoms with E-state index in [0.29, 0.717) is 36.4 Å². The topological polar surface area (TPSA) is 103 Å². The van der Waals surface area contributed by atoms with Gasteiger partial charge in [-0.2, -0.15) is 0 Å². The van der Waals surface area contributed by atoms with E-state index in [9.17, 15) is 18.6 Å². The first-order valence-corrected chi connectivity index (χ1v) is 17.4. The van der Waals surface area contributed by atoms with Gasteiger partial charge in [-0.15, -0.1) is 10.2 Å². The average molecular weight is 638 g/mol. The Hall–Kier alpha value is -4.21. The van der Waals surface area contributed by atoms with E-state index in [2.05, 4.69) is 10.2 Å². The number of unbranched alkanes of at least 4 members (excludes halogenated alkanes) is 3. The molecule has 240 valence electrons. The van der Waals surface area contributed by atoms with Gasteiger partial charge in [0.1, 0.15) is 5.69 Å². The molecule has 0 radical (unpaired) electrons. The van der Waals surface area contributed by atoms with Crippen molar-refractivity contribution < 1.29 is 18.6 Å². The van der Waals surface area contributed by atoms with Crippen molar-refractivity contribution in [1.82, 2.24) is 4.90 Å². The second-order valence-electron chi connectivity index (χ2n) is 11.0. The minimum Gasteiger partial charge on any atom is -0.395 e. The molecule has 7 nitrogen and oxygen atoms in total. The predicted octanol–water partition coefficient (Wildman–Crippen LogP) is 8.06. The van der Waals surface area contributed by atoms with Crippen molar-refractivity contribution in [2.45, 2.75) is 30.6 Å². The summed E-state index contributed by atoms with van der Waals surface area (Å²) in [6.45, 7) is 1.90. The molecule has 0 saturated heterocycles. The van der Waals surface area contributed by atoms with E-state index in [0.717, 1.165) is 42.5 Å². The zero-order valence-electron chi connectivity index (χ0n) is 26.2. The molecule has 0 atom stereocenters. The molecule has 0 aliphatic heterocycles. The van der Waals surface area contributed by atoms with Gasteiger partial charge in [0.15, 0.2) is 9.84 Å². The fourth-order valence-corrected chi connectivity index (χ4v) is 6.61. The fourth-order valence-electron chi connectivity index (χ4n) is 5.06. The van der Waals surface area contributed by atoms with Crippen molar-refractivity contribution in [2.75, 3.05) is 38.6 Å². The summed E-state index contributed by atoms with van der Waals surface area (Å²) in [4.78, 5) is 2.18. The minimum absolute atomic E-state index is 0.00870. The molecule has 46 heavy (non-hydrogen) atoms. The van der Waals surface area contributed by atoms with Crippen LogP contribution in [0.2, 0.25) is 0 Å². The third-order valence-corrected chi connectivity index (χ3v) is 9.37. The maximum absolute atomic E-state index is 13.7. The molecule has 4 aromatic rings. The second kappa shape index (κ2) is 18.7. The van der Waals surface area contributed by atoms with Gasteiger partial charge < -0.3 is 10.2 Å². The van der Waals surface area contributed by atoms with Gasteiger partial charge in [0.05, 0.1) is 29.5 Å². The third kappa shape index (κ3) is 11.0. The Morgan fingerprint density at radius 2 is 1.13 bits per heavy atom. The summed E-state index contributed by atoms with van der Waals surface area (Å²) in [7, 11) is -3.66. The molecule has 0 aliphatic rings. The van der Waals surface area contributed by atoms with E-state index in [4.69, 9.17) is 0 Å². The van der Waals surface area contributed by atoms with Crippen LogP contribution in [0.5, 0.6) is 0 Å². The van der Waals surface area contributed by atoms with Crippen LogP contribution in [0.4, 0.5) is 11.4 Å². The predicted molar refractivity (Wildman–Crippen MR) is 189 cm³/mol. The minimum atomic E-state index is -3.66. The first kappa shape index (κ1) is 34.7. The lowest BCUT2D eigenvalue weighted by Gasteiger charge is -2.19. The number of rotatable bonds is 18. The van der Waals surface area contributed by atoms with Gasteiger partial charge in [-0.05, 0) is 42.6 Å². The quantitative estimate of drug-likeness (QED) is 0.0653. The molecule has 0 fully saturated rings. The molecule has 4 rings (SSSR count). The van der Waals surface area contributed by atoms with Crippen LogP contribution in [-0.2, 0) is 9.84 Å². The van der Waals surface area contributed by atoms with Gasteiger partial charge in [-0.3, -0.25) is 4.90 Å². The molecule has 0 aromatic heterocycles. The number of aliphatic hydroxyl groups excluding tert-OH is 2. The number of aliphatic hydroxyl groups is 2. The Labute approximate surface area is 273 Å². The third-order valence-electron chi connectivity index (χ3n) is 7.54. The number of azo groups is 1. The van der Waals surface area contributed by atoms with Crippen molar-refractivity contribution in [2.24, 2.45) is 10.2 Å². The molecule has 0 amide bonds. The van der Waals surface area contributed by atoms with Gasteiger partial charge in [-0.1, -0.05) is 128 Å². The highest BCUT2D eigenvalue weighted by Gasteiger charge is 2.20. The van der Waals surface area contributed by atoms with Gasteiger partial charge in [0.25, 0.3) is 0 Å². The summed E-state index contributed by atoms with van der Waals surface area (Å²) < 4.78 is 27.5. The lowest BCUT2D eigenvalue weighted by molar-refractivity contribution is 0.159. The first-order valence-electron chi connectivity index (χ1n) is 15.8. The van der Waals surface area contributed by atoms with Crippen LogP contribution >= 0.6 is 0 Å². The highest BCUT2D eigenvalue weighted by molar-refractivity contribution is 7.91. The standard InChI is InChI=1S/C38H43N3O4S/c42-29-27-41(28-30-43)26-11-1-2-12-31-46(44,45)37-21-13-19-35(25-23-33-16-7-4-8-17-33)38(37)40-39-36-20-10-9-18-34(36)24-22-32-14-5-3-6-15-32/h3-10,13-25,42-43H,1-2,11-12,26-31H2. The van der Waals surface area contributed by atoms with Crippen LogP contribution in [0.25, 0.3) is 24.3 Å². The van der Waals surface area contributed by atoms with Gasteiger partial charge >= 0.3 is 0 Å². The van der Waals surface area contributed by atoms with E-state index >= 15 is 0 Å². The van der Waals surface area contributed by atoms with Gasteiger partial charge in [-0.25, -0.2) is 8.42 Å². The Morgan fingerprint density at radius 1 is 0.565 bits per heavy atom. The normalized spacial score (nSPS) is 12.2. The number of hydrogen-bond donors (Lipinski definition) is 2. The van der Waals surface area contributed by atoms with Crippen molar-refractivity contribution >= 4 is 45.5 Å². The van der Waals surface area contributed by atoms with Crippen LogP contribution < -0.4 is 0 Å². The maximum Gasteiger partial charge on any atom is 0.180 e. The van der Waals surface area contributed by atoms with Crippen LogP contribution in [0.15, 0.2) is 118 Å². The summed E-state index contributed by atoms with van der Waals surface area (Å²) in [5.74, 6) is 0.00870. The van der Waals surface area contributed by atoms with Crippen LogP contribution in [-0.4, -0.2) is 62.1 Å². The molecule has 0 spiro atoms. The highest BCUT2D eigenvalue weighted by atomic mass is 32.2. The van der Waals surface area contributed by atoms with E-state index in [1.807, 2.05) is 120 Å². The molecule has 0 saturated carbocycles. The zero-order chi connectivity index (χ0) is 32.5. The van der Waals surface area contributed by atoms with E-state index in [-0.39, 0.29) is 23.9 Å². The summed E-state index contributed by atoms with van der Waals surface area (Å²) in [6, 6.07) is 32.7. The van der Waals surface area contributed by atoms with Gasteiger partial charge in [0, 0.05) is 24.2 Å². The molecule has 4 aromatic carbocycles. The van der Waals surface area contributed by atoms with E-state index in [1.165, 1.54) is 0 Å². The number of benzene rings is 4. The first-order chi connectivity index (χ1) is 22.5. The van der Waals surface area contributed by atoms with Crippen molar-refractivity contribution in [3.63, 3.8) is 0 Å². The number of nitrogens with zero attached hydrogens (tertiary/aromatic N) is 3. The monoisotopic (exact) mass is 637 g/mol. The number of hydrogen-bond acceptors (Lipinski definition) is 7. The summed E-state index contributed by atoms with van der Waals surface area (Å²) in [5.41, 5.74) is 4.54. The molecule has 0 heterocycles. The fraction of sp³-hybridized carbons (Fsp3) is 0.263. The summed E-state index contributed by atoms with van der Waals surface area (Å²) in [5, 5.41) is 27.6. The Kier molecular flexibility index (Phi) is 14.1. The van der Waals surface area contributed by atoms with E-state index < -0.39 is 9.84 Å². The largest absolute Gasteiger partial charge is 0.395 e. The average Bonchev–Trinajstić information content (AvgIpc) is 3.08. The van der Waals surface area contributed by atoms with Crippen LogP contribution in [0, 0.1) is 0 Å². The Bertz CT molecular complexity index is 1680. The number of sulfone groups is 1. The molecule has 0 aliphatic carbocycles. The maximum atomic E-state index is 13.7. The summed E-state index contributed by atoms with van der Waals surface area (Å²) in [6.07, 6.45) is 10.8. The molecule has 2 N–H and O–H groups in total. The lowest BCUT2D eigenvalue weighted by atomic mass is 10.1. The zero-order valence-corrected chi connectivity index (χ0v) is 27.0.